The highest BCUT2D eigenvalue weighted by molar-refractivity contribution is 7.21. The summed E-state index contributed by atoms with van der Waals surface area (Å²) in [5, 5.41) is 6.56. The van der Waals surface area contributed by atoms with E-state index in [-0.39, 0.29) is 11.8 Å². The van der Waals surface area contributed by atoms with Gasteiger partial charge in [-0.05, 0) is 73.8 Å². The van der Waals surface area contributed by atoms with Crippen LogP contribution in [-0.2, 0) is 4.79 Å². The Morgan fingerprint density at radius 1 is 0.857 bits per heavy atom. The number of carbonyl (C=O) groups excluding carboxylic acids is 2. The van der Waals surface area contributed by atoms with Gasteiger partial charge in [0.25, 0.3) is 5.91 Å². The highest BCUT2D eigenvalue weighted by atomic mass is 32.1. The van der Waals surface area contributed by atoms with Gasteiger partial charge in [-0.3, -0.25) is 9.59 Å². The van der Waals surface area contributed by atoms with Crippen LogP contribution in [0.1, 0.15) is 17.3 Å². The van der Waals surface area contributed by atoms with Crippen LogP contribution in [0.4, 0.5) is 17.1 Å². The molecule has 2 amide bonds. The Bertz CT molecular complexity index is 1360. The van der Waals surface area contributed by atoms with Gasteiger partial charge in [-0.1, -0.05) is 0 Å². The average molecular weight is 486 g/mol. The number of nitrogens with zero attached hydrogens (tertiary/aromatic N) is 3. The number of nitrogens with one attached hydrogen (secondary N) is 2. The zero-order chi connectivity index (χ0) is 24.4. The number of likely N-dealkylation sites (N-methyl/N-ethyl adjacent to an activating group) is 1. The minimum atomic E-state index is -0.189. The first-order chi connectivity index (χ1) is 16.9. The monoisotopic (exact) mass is 485 g/mol. The maximum atomic E-state index is 12.8. The average Bonchev–Trinajstić information content (AvgIpc) is 3.29. The fraction of sp³-hybridized carbons (Fsp3) is 0.222. The van der Waals surface area contributed by atoms with Gasteiger partial charge in [0.15, 0.2) is 0 Å². The lowest BCUT2D eigenvalue weighted by molar-refractivity contribution is -0.114. The SMILES string of the molecule is CC(=O)Nc1ccc(NC(=O)c2ccc3nc(-c4ccc(N5CCN(C)CC5)cc4)sc3c2)cc1. The minimum Gasteiger partial charge on any atom is -0.369 e. The van der Waals surface area contributed by atoms with E-state index in [4.69, 9.17) is 4.98 Å². The van der Waals surface area contributed by atoms with E-state index >= 15 is 0 Å². The van der Waals surface area contributed by atoms with E-state index in [1.165, 1.54) is 12.6 Å². The molecule has 2 heterocycles. The van der Waals surface area contributed by atoms with Crippen LogP contribution < -0.4 is 15.5 Å². The second-order valence-electron chi connectivity index (χ2n) is 8.75. The molecule has 0 aliphatic carbocycles. The fourth-order valence-electron chi connectivity index (χ4n) is 4.11. The van der Waals surface area contributed by atoms with Crippen LogP contribution in [0.25, 0.3) is 20.8 Å². The molecule has 7 nitrogen and oxygen atoms in total. The number of hydrogen-bond acceptors (Lipinski definition) is 6. The summed E-state index contributed by atoms with van der Waals surface area (Å²) in [6, 6.07) is 21.2. The molecule has 1 aliphatic rings. The van der Waals surface area contributed by atoms with Crippen molar-refractivity contribution >= 4 is 50.4 Å². The number of aromatic nitrogens is 1. The van der Waals surface area contributed by atoms with Gasteiger partial charge < -0.3 is 20.4 Å². The summed E-state index contributed by atoms with van der Waals surface area (Å²) in [4.78, 5) is 33.5. The summed E-state index contributed by atoms with van der Waals surface area (Å²) in [6.07, 6.45) is 0. The van der Waals surface area contributed by atoms with Crippen molar-refractivity contribution in [2.75, 3.05) is 48.8 Å². The Labute approximate surface area is 208 Å². The molecule has 4 aromatic rings. The van der Waals surface area contributed by atoms with Crippen molar-refractivity contribution < 1.29 is 9.59 Å². The molecule has 3 aromatic carbocycles. The molecule has 0 bridgehead atoms. The van der Waals surface area contributed by atoms with Crippen molar-refractivity contribution in [3.8, 4) is 10.6 Å². The number of rotatable bonds is 5. The van der Waals surface area contributed by atoms with Gasteiger partial charge in [-0.25, -0.2) is 4.98 Å². The smallest absolute Gasteiger partial charge is 0.255 e. The Hall–Kier alpha value is -3.75. The number of piperazine rings is 1. The summed E-state index contributed by atoms with van der Waals surface area (Å²) in [5.74, 6) is -0.323. The molecule has 0 radical (unpaired) electrons. The highest BCUT2D eigenvalue weighted by Crippen LogP contribution is 2.32. The number of benzene rings is 3. The molecule has 2 N–H and O–H groups in total. The number of hydrogen-bond donors (Lipinski definition) is 2. The van der Waals surface area contributed by atoms with Crippen molar-refractivity contribution in [2.24, 2.45) is 0 Å². The molecule has 5 rings (SSSR count). The molecule has 0 saturated carbocycles. The quantitative estimate of drug-likeness (QED) is 0.419. The Morgan fingerprint density at radius 2 is 1.51 bits per heavy atom. The van der Waals surface area contributed by atoms with E-state index in [2.05, 4.69) is 51.7 Å². The lowest BCUT2D eigenvalue weighted by Gasteiger charge is -2.34. The number of carbonyl (C=O) groups is 2. The second-order valence-corrected chi connectivity index (χ2v) is 9.78. The molecule has 178 valence electrons. The number of thiazole rings is 1. The zero-order valence-electron chi connectivity index (χ0n) is 19.7. The lowest BCUT2D eigenvalue weighted by atomic mass is 10.2. The summed E-state index contributed by atoms with van der Waals surface area (Å²) < 4.78 is 0.969. The van der Waals surface area contributed by atoms with E-state index in [0.29, 0.717) is 16.9 Å². The van der Waals surface area contributed by atoms with Crippen LogP contribution in [0.2, 0.25) is 0 Å². The summed E-state index contributed by atoms with van der Waals surface area (Å²) in [6.45, 7) is 5.71. The van der Waals surface area contributed by atoms with Crippen molar-refractivity contribution in [3.63, 3.8) is 0 Å². The highest BCUT2D eigenvalue weighted by Gasteiger charge is 2.15. The molecular formula is C27H27N5O2S. The van der Waals surface area contributed by atoms with Gasteiger partial charge in [0.1, 0.15) is 5.01 Å². The normalized spacial score (nSPS) is 14.2. The van der Waals surface area contributed by atoms with Crippen molar-refractivity contribution in [1.29, 1.82) is 0 Å². The first-order valence-electron chi connectivity index (χ1n) is 11.6. The van der Waals surface area contributed by atoms with Gasteiger partial charge in [0.05, 0.1) is 10.2 Å². The molecular weight excluding hydrogens is 458 g/mol. The molecule has 8 heteroatoms. The number of fused-ring (bicyclic) bond motifs is 1. The van der Waals surface area contributed by atoms with Gasteiger partial charge in [0, 0.05) is 61.3 Å². The Kier molecular flexibility index (Phi) is 6.48. The largest absolute Gasteiger partial charge is 0.369 e. The third-order valence-electron chi connectivity index (χ3n) is 6.10. The molecule has 0 atom stereocenters. The van der Waals surface area contributed by atoms with Crippen LogP contribution in [0.5, 0.6) is 0 Å². The first-order valence-corrected chi connectivity index (χ1v) is 12.4. The van der Waals surface area contributed by atoms with E-state index in [1.807, 2.05) is 12.1 Å². The molecule has 1 aliphatic heterocycles. The lowest BCUT2D eigenvalue weighted by Crippen LogP contribution is -2.44. The van der Waals surface area contributed by atoms with Crippen LogP contribution in [0.3, 0.4) is 0 Å². The van der Waals surface area contributed by atoms with Crippen molar-refractivity contribution in [1.82, 2.24) is 9.88 Å². The maximum absolute atomic E-state index is 12.8. The van der Waals surface area contributed by atoms with Gasteiger partial charge in [-0.2, -0.15) is 0 Å². The van der Waals surface area contributed by atoms with Gasteiger partial charge in [0.2, 0.25) is 5.91 Å². The summed E-state index contributed by atoms with van der Waals surface area (Å²) >= 11 is 1.59. The van der Waals surface area contributed by atoms with Crippen LogP contribution in [0, 0.1) is 0 Å². The number of amides is 2. The Morgan fingerprint density at radius 3 is 2.17 bits per heavy atom. The van der Waals surface area contributed by atoms with E-state index < -0.39 is 0 Å². The molecule has 35 heavy (non-hydrogen) atoms. The van der Waals surface area contributed by atoms with Gasteiger partial charge >= 0.3 is 0 Å². The van der Waals surface area contributed by atoms with E-state index in [1.54, 1.807) is 41.7 Å². The Balaban J connectivity index is 1.29. The minimum absolute atomic E-state index is 0.134. The third-order valence-corrected chi connectivity index (χ3v) is 7.16. The van der Waals surface area contributed by atoms with Crippen molar-refractivity contribution in [2.45, 2.75) is 6.92 Å². The predicted molar refractivity (Wildman–Crippen MR) is 143 cm³/mol. The molecule has 1 saturated heterocycles. The van der Waals surface area contributed by atoms with Crippen LogP contribution >= 0.6 is 11.3 Å². The second kappa shape index (κ2) is 9.85. The predicted octanol–water partition coefficient (Wildman–Crippen LogP) is 4.93. The topological polar surface area (TPSA) is 77.6 Å². The first kappa shape index (κ1) is 23.0. The van der Waals surface area contributed by atoms with Crippen LogP contribution in [0.15, 0.2) is 66.7 Å². The van der Waals surface area contributed by atoms with E-state index in [9.17, 15) is 9.59 Å². The van der Waals surface area contributed by atoms with Gasteiger partial charge in [-0.15, -0.1) is 11.3 Å². The third kappa shape index (κ3) is 5.34. The molecule has 1 aromatic heterocycles. The number of anilines is 3. The molecule has 0 spiro atoms. The summed E-state index contributed by atoms with van der Waals surface area (Å²) in [5.41, 5.74) is 5.12. The fourth-order valence-corrected chi connectivity index (χ4v) is 5.12. The maximum Gasteiger partial charge on any atom is 0.255 e. The zero-order valence-corrected chi connectivity index (χ0v) is 20.6. The standard InChI is InChI=1S/C27H27N5O2S/c1-18(33)28-21-6-8-22(9-7-21)29-26(34)20-5-12-24-25(17-20)35-27(30-24)19-3-10-23(11-4-19)32-15-13-31(2)14-16-32/h3-12,17H,13-16H2,1-2H3,(H,28,33)(H,29,34). The molecule has 1 fully saturated rings. The van der Waals surface area contributed by atoms with Crippen LogP contribution in [-0.4, -0.2) is 54.9 Å². The summed E-state index contributed by atoms with van der Waals surface area (Å²) in [7, 11) is 2.16. The van der Waals surface area contributed by atoms with E-state index in [0.717, 1.165) is 47.0 Å². The van der Waals surface area contributed by atoms with Crippen molar-refractivity contribution in [3.05, 3.63) is 72.3 Å². The molecule has 0 unspecified atom stereocenters.